The standard InChI is InChI=1S/C31H28ClNO2/c1-35-29-14-11-22(12-15-29)21-33(28-18-24-9-5-6-10-25(24)19-28)31(34)20-26-17-27(32)13-16-30(26)23-7-3-2-4-8-23/h2-17,28H,18-21H2,1H3. The molecule has 5 rings (SSSR count). The lowest BCUT2D eigenvalue weighted by atomic mass is 9.97. The number of fused-ring (bicyclic) bond motifs is 1. The lowest BCUT2D eigenvalue weighted by molar-refractivity contribution is -0.133. The minimum atomic E-state index is 0.109. The molecule has 0 saturated heterocycles. The smallest absolute Gasteiger partial charge is 0.227 e. The number of nitrogens with zero attached hydrogens (tertiary/aromatic N) is 1. The van der Waals surface area contributed by atoms with Crippen LogP contribution in [0, 0.1) is 0 Å². The first-order chi connectivity index (χ1) is 17.1. The Morgan fingerprint density at radius 3 is 2.20 bits per heavy atom. The predicted molar refractivity (Wildman–Crippen MR) is 142 cm³/mol. The van der Waals surface area contributed by atoms with E-state index in [1.165, 1.54) is 11.1 Å². The summed E-state index contributed by atoms with van der Waals surface area (Å²) in [6.45, 7) is 0.558. The molecule has 0 heterocycles. The molecule has 0 aliphatic heterocycles. The molecule has 4 heteroatoms. The van der Waals surface area contributed by atoms with Crippen molar-refractivity contribution < 1.29 is 9.53 Å². The van der Waals surface area contributed by atoms with Crippen LogP contribution in [0.2, 0.25) is 5.02 Å². The van der Waals surface area contributed by atoms with Gasteiger partial charge in [0.25, 0.3) is 0 Å². The van der Waals surface area contributed by atoms with Gasteiger partial charge < -0.3 is 9.64 Å². The SMILES string of the molecule is COc1ccc(CN(C(=O)Cc2cc(Cl)ccc2-c2ccccc2)C2Cc3ccccc3C2)cc1. The Kier molecular flexibility index (Phi) is 6.87. The van der Waals surface area contributed by atoms with Crippen LogP contribution < -0.4 is 4.74 Å². The number of hydrogen-bond donors (Lipinski definition) is 0. The third kappa shape index (κ3) is 5.26. The van der Waals surface area contributed by atoms with Gasteiger partial charge in [0.2, 0.25) is 5.91 Å². The quantitative estimate of drug-likeness (QED) is 0.292. The van der Waals surface area contributed by atoms with E-state index in [9.17, 15) is 4.79 Å². The van der Waals surface area contributed by atoms with Gasteiger partial charge in [-0.05, 0) is 70.5 Å². The van der Waals surface area contributed by atoms with Crippen LogP contribution in [-0.2, 0) is 30.6 Å². The van der Waals surface area contributed by atoms with Crippen LogP contribution >= 0.6 is 11.6 Å². The maximum absolute atomic E-state index is 13.9. The van der Waals surface area contributed by atoms with Crippen LogP contribution in [0.15, 0.2) is 97.1 Å². The van der Waals surface area contributed by atoms with Crippen molar-refractivity contribution in [2.45, 2.75) is 31.8 Å². The largest absolute Gasteiger partial charge is 0.497 e. The number of rotatable bonds is 7. The number of amides is 1. The van der Waals surface area contributed by atoms with Gasteiger partial charge in [-0.1, -0.05) is 84.4 Å². The number of methoxy groups -OCH3 is 1. The first-order valence-corrected chi connectivity index (χ1v) is 12.3. The van der Waals surface area contributed by atoms with E-state index in [2.05, 4.69) is 41.3 Å². The second kappa shape index (κ2) is 10.4. The molecule has 1 aliphatic carbocycles. The van der Waals surface area contributed by atoms with Gasteiger partial charge in [-0.15, -0.1) is 0 Å². The number of halogens is 1. The van der Waals surface area contributed by atoms with Gasteiger partial charge in [0.15, 0.2) is 0 Å². The minimum Gasteiger partial charge on any atom is -0.497 e. The molecule has 0 N–H and O–H groups in total. The number of hydrogen-bond acceptors (Lipinski definition) is 2. The fourth-order valence-electron chi connectivity index (χ4n) is 4.98. The van der Waals surface area contributed by atoms with E-state index in [0.29, 0.717) is 18.0 Å². The Morgan fingerprint density at radius 1 is 0.886 bits per heavy atom. The third-order valence-corrected chi connectivity index (χ3v) is 7.03. The first kappa shape index (κ1) is 23.2. The molecule has 35 heavy (non-hydrogen) atoms. The predicted octanol–water partition coefficient (Wildman–Crippen LogP) is 6.75. The molecule has 0 unspecified atom stereocenters. The van der Waals surface area contributed by atoms with Crippen LogP contribution in [0.5, 0.6) is 5.75 Å². The number of carbonyl (C=O) groups excluding carboxylic acids is 1. The van der Waals surface area contributed by atoms with Crippen molar-refractivity contribution in [1.82, 2.24) is 4.90 Å². The number of benzene rings is 4. The highest BCUT2D eigenvalue weighted by Gasteiger charge is 2.30. The molecule has 0 spiro atoms. The van der Waals surface area contributed by atoms with Crippen LogP contribution in [0.4, 0.5) is 0 Å². The van der Waals surface area contributed by atoms with Gasteiger partial charge in [-0.25, -0.2) is 0 Å². The van der Waals surface area contributed by atoms with Crippen molar-refractivity contribution in [1.29, 1.82) is 0 Å². The van der Waals surface area contributed by atoms with Crippen molar-refractivity contribution in [3.05, 3.63) is 124 Å². The summed E-state index contributed by atoms with van der Waals surface area (Å²) in [7, 11) is 1.66. The number of ether oxygens (including phenoxy) is 1. The van der Waals surface area contributed by atoms with Gasteiger partial charge in [0, 0.05) is 17.6 Å². The van der Waals surface area contributed by atoms with E-state index < -0.39 is 0 Å². The lowest BCUT2D eigenvalue weighted by Gasteiger charge is -2.30. The third-order valence-electron chi connectivity index (χ3n) is 6.80. The zero-order valence-electron chi connectivity index (χ0n) is 19.8. The van der Waals surface area contributed by atoms with E-state index in [1.807, 2.05) is 60.7 Å². The highest BCUT2D eigenvalue weighted by molar-refractivity contribution is 6.30. The van der Waals surface area contributed by atoms with Crippen LogP contribution in [-0.4, -0.2) is 24.0 Å². The van der Waals surface area contributed by atoms with E-state index >= 15 is 0 Å². The number of carbonyl (C=O) groups is 1. The zero-order chi connectivity index (χ0) is 24.2. The second-order valence-electron chi connectivity index (χ2n) is 9.04. The summed E-state index contributed by atoms with van der Waals surface area (Å²) in [4.78, 5) is 16.0. The summed E-state index contributed by atoms with van der Waals surface area (Å²) in [5, 5.41) is 0.641. The molecule has 0 saturated carbocycles. The fourth-order valence-corrected chi connectivity index (χ4v) is 5.17. The summed E-state index contributed by atoms with van der Waals surface area (Å²) < 4.78 is 5.32. The molecule has 0 atom stereocenters. The molecule has 3 nitrogen and oxygen atoms in total. The van der Waals surface area contributed by atoms with Crippen LogP contribution in [0.25, 0.3) is 11.1 Å². The maximum atomic E-state index is 13.9. The molecule has 0 aromatic heterocycles. The molecule has 1 amide bonds. The van der Waals surface area contributed by atoms with Crippen LogP contribution in [0.1, 0.15) is 22.3 Å². The van der Waals surface area contributed by atoms with Crippen molar-refractivity contribution in [3.8, 4) is 16.9 Å². The average molecular weight is 482 g/mol. The molecule has 0 radical (unpaired) electrons. The summed E-state index contributed by atoms with van der Waals surface area (Å²) in [5.41, 5.74) is 6.83. The summed E-state index contributed by atoms with van der Waals surface area (Å²) in [5.74, 6) is 0.921. The summed E-state index contributed by atoms with van der Waals surface area (Å²) in [6.07, 6.45) is 2.05. The molecule has 176 valence electrons. The highest BCUT2D eigenvalue weighted by atomic mass is 35.5. The van der Waals surface area contributed by atoms with Crippen molar-refractivity contribution in [3.63, 3.8) is 0 Å². The Balaban J connectivity index is 1.45. The lowest BCUT2D eigenvalue weighted by Crippen LogP contribution is -2.41. The van der Waals surface area contributed by atoms with Crippen LogP contribution in [0.3, 0.4) is 0 Å². The Morgan fingerprint density at radius 2 is 1.54 bits per heavy atom. The van der Waals surface area contributed by atoms with E-state index in [1.54, 1.807) is 7.11 Å². The van der Waals surface area contributed by atoms with Crippen molar-refractivity contribution in [2.75, 3.05) is 7.11 Å². The minimum absolute atomic E-state index is 0.109. The second-order valence-corrected chi connectivity index (χ2v) is 9.48. The average Bonchev–Trinajstić information content (AvgIpc) is 3.32. The van der Waals surface area contributed by atoms with Gasteiger partial charge in [0.05, 0.1) is 13.5 Å². The topological polar surface area (TPSA) is 29.5 Å². The van der Waals surface area contributed by atoms with Gasteiger partial charge in [-0.2, -0.15) is 0 Å². The Bertz CT molecular complexity index is 1290. The summed E-state index contributed by atoms with van der Waals surface area (Å²) >= 11 is 6.38. The van der Waals surface area contributed by atoms with E-state index in [0.717, 1.165) is 40.8 Å². The summed E-state index contributed by atoms with van der Waals surface area (Å²) in [6, 6.07) is 32.6. The molecular formula is C31H28ClNO2. The first-order valence-electron chi connectivity index (χ1n) is 11.9. The maximum Gasteiger partial charge on any atom is 0.227 e. The fraction of sp³-hybridized carbons (Fsp3) is 0.194. The van der Waals surface area contributed by atoms with Gasteiger partial charge >= 0.3 is 0 Å². The normalized spacial score (nSPS) is 12.9. The molecule has 0 fully saturated rings. The Hall–Kier alpha value is -3.56. The molecule has 4 aromatic rings. The molecular weight excluding hydrogens is 454 g/mol. The molecule has 4 aromatic carbocycles. The highest BCUT2D eigenvalue weighted by Crippen LogP contribution is 2.30. The van der Waals surface area contributed by atoms with Crippen molar-refractivity contribution in [2.24, 2.45) is 0 Å². The van der Waals surface area contributed by atoms with E-state index in [4.69, 9.17) is 16.3 Å². The zero-order valence-corrected chi connectivity index (χ0v) is 20.5. The molecule has 0 bridgehead atoms. The van der Waals surface area contributed by atoms with Gasteiger partial charge in [0.1, 0.15) is 5.75 Å². The van der Waals surface area contributed by atoms with Gasteiger partial charge in [-0.3, -0.25) is 4.79 Å². The molecule has 1 aliphatic rings. The monoisotopic (exact) mass is 481 g/mol. The Labute approximate surface area is 211 Å². The van der Waals surface area contributed by atoms with Crippen molar-refractivity contribution >= 4 is 17.5 Å². The van der Waals surface area contributed by atoms with E-state index in [-0.39, 0.29) is 11.9 Å².